The zero-order chi connectivity index (χ0) is 8.20. The summed E-state index contributed by atoms with van der Waals surface area (Å²) >= 11 is 0. The average Bonchev–Trinajstić information content (AvgIpc) is 1.84. The number of amides is 1. The Morgan fingerprint density at radius 1 is 1.60 bits per heavy atom. The second kappa shape index (κ2) is 3.25. The molecule has 0 aromatic rings. The lowest BCUT2D eigenvalue weighted by Gasteiger charge is -2.19. The third-order valence-corrected chi connectivity index (χ3v) is 1.09. The van der Waals surface area contributed by atoms with E-state index in [4.69, 9.17) is 10.5 Å². The molecule has 3 nitrogen and oxygen atoms in total. The Balaban J connectivity index is 3.99. The van der Waals surface area contributed by atoms with Gasteiger partial charge in [-0.3, -0.25) is 4.79 Å². The molecule has 0 heterocycles. The lowest BCUT2D eigenvalue weighted by Crippen LogP contribution is -2.39. The van der Waals surface area contributed by atoms with Crippen molar-refractivity contribution < 1.29 is 9.53 Å². The van der Waals surface area contributed by atoms with E-state index in [1.54, 1.807) is 26.8 Å². The number of hydrogen-bond donors (Lipinski definition) is 1. The Bertz CT molecular complexity index is 150. The molecule has 0 aromatic heterocycles. The molecule has 0 spiro atoms. The van der Waals surface area contributed by atoms with Crippen LogP contribution in [-0.4, -0.2) is 11.5 Å². The molecule has 2 N–H and O–H groups in total. The maximum Gasteiger partial charge on any atom is 0.260 e. The number of allylic oxidation sites excluding steroid dienone is 1. The van der Waals surface area contributed by atoms with Gasteiger partial charge in [0.25, 0.3) is 5.91 Å². The van der Waals surface area contributed by atoms with E-state index in [-0.39, 0.29) is 0 Å². The lowest BCUT2D eigenvalue weighted by atomic mass is 10.1. The Morgan fingerprint density at radius 3 is 2.40 bits per heavy atom. The van der Waals surface area contributed by atoms with Gasteiger partial charge in [0, 0.05) is 0 Å². The molecule has 0 saturated carbocycles. The van der Waals surface area contributed by atoms with Crippen LogP contribution in [0.3, 0.4) is 0 Å². The van der Waals surface area contributed by atoms with Gasteiger partial charge in [-0.15, -0.1) is 0 Å². The summed E-state index contributed by atoms with van der Waals surface area (Å²) in [7, 11) is 0. The number of hydrogen-bond acceptors (Lipinski definition) is 2. The van der Waals surface area contributed by atoms with Crippen LogP contribution in [0, 0.1) is 0 Å². The topological polar surface area (TPSA) is 52.3 Å². The van der Waals surface area contributed by atoms with E-state index in [1.165, 1.54) is 6.26 Å². The lowest BCUT2D eigenvalue weighted by molar-refractivity contribution is -0.133. The highest BCUT2D eigenvalue weighted by atomic mass is 16.5. The molecule has 0 aromatic carbocycles. The number of carbonyl (C=O) groups excluding carboxylic acids is 1. The van der Waals surface area contributed by atoms with Crippen molar-refractivity contribution in [1.29, 1.82) is 0 Å². The van der Waals surface area contributed by atoms with Crippen molar-refractivity contribution in [2.45, 2.75) is 26.4 Å². The monoisotopic (exact) mass is 143 g/mol. The molecular weight excluding hydrogens is 130 g/mol. The van der Waals surface area contributed by atoms with Gasteiger partial charge in [0.2, 0.25) is 0 Å². The number of primary amides is 1. The van der Waals surface area contributed by atoms with Crippen LogP contribution >= 0.6 is 0 Å². The van der Waals surface area contributed by atoms with E-state index < -0.39 is 11.5 Å². The number of rotatable bonds is 3. The van der Waals surface area contributed by atoms with E-state index in [0.717, 1.165) is 0 Å². The first-order chi connectivity index (χ1) is 4.50. The molecular formula is C7H13NO2. The molecule has 0 rings (SSSR count). The van der Waals surface area contributed by atoms with Crippen LogP contribution in [0.15, 0.2) is 12.3 Å². The average molecular weight is 143 g/mol. The van der Waals surface area contributed by atoms with Gasteiger partial charge in [0.05, 0.1) is 6.26 Å². The molecule has 0 unspecified atom stereocenters. The summed E-state index contributed by atoms with van der Waals surface area (Å²) in [5.74, 6) is -0.467. The van der Waals surface area contributed by atoms with Gasteiger partial charge in [-0.25, -0.2) is 0 Å². The second-order valence-electron chi connectivity index (χ2n) is 2.46. The first-order valence-corrected chi connectivity index (χ1v) is 3.09. The number of nitrogens with two attached hydrogens (primary N) is 1. The summed E-state index contributed by atoms with van der Waals surface area (Å²) in [6, 6.07) is 0. The molecule has 0 fully saturated rings. The van der Waals surface area contributed by atoms with Crippen LogP contribution in [0.4, 0.5) is 0 Å². The van der Waals surface area contributed by atoms with E-state index in [0.29, 0.717) is 0 Å². The highest BCUT2D eigenvalue weighted by molar-refractivity contribution is 5.82. The zero-order valence-corrected chi connectivity index (χ0v) is 6.55. The normalized spacial score (nSPS) is 11.9. The smallest absolute Gasteiger partial charge is 0.260 e. The van der Waals surface area contributed by atoms with Crippen LogP contribution in [0.25, 0.3) is 0 Å². The molecule has 0 bridgehead atoms. The molecule has 0 aliphatic carbocycles. The fraction of sp³-hybridized carbons (Fsp3) is 0.571. The van der Waals surface area contributed by atoms with Gasteiger partial charge >= 0.3 is 0 Å². The van der Waals surface area contributed by atoms with Gasteiger partial charge in [0.15, 0.2) is 5.60 Å². The van der Waals surface area contributed by atoms with Gasteiger partial charge in [-0.1, -0.05) is 6.08 Å². The summed E-state index contributed by atoms with van der Waals surface area (Å²) in [5, 5.41) is 0. The van der Waals surface area contributed by atoms with E-state index in [9.17, 15) is 4.79 Å². The fourth-order valence-electron chi connectivity index (χ4n) is 0.296. The first-order valence-electron chi connectivity index (χ1n) is 3.09. The summed E-state index contributed by atoms with van der Waals surface area (Å²) in [5.41, 5.74) is 4.12. The molecule has 0 radical (unpaired) electrons. The summed E-state index contributed by atoms with van der Waals surface area (Å²) in [4.78, 5) is 10.6. The first kappa shape index (κ1) is 9.01. The SMILES string of the molecule is C/C=C/OC(C)(C)C(N)=O. The van der Waals surface area contributed by atoms with Crippen molar-refractivity contribution in [3.05, 3.63) is 12.3 Å². The van der Waals surface area contributed by atoms with Crippen molar-refractivity contribution in [1.82, 2.24) is 0 Å². The Labute approximate surface area is 60.9 Å². The molecule has 0 saturated heterocycles. The minimum Gasteiger partial charge on any atom is -0.486 e. The van der Waals surface area contributed by atoms with Crippen LogP contribution in [0.5, 0.6) is 0 Å². The molecule has 0 atom stereocenters. The second-order valence-corrected chi connectivity index (χ2v) is 2.46. The molecule has 0 aliphatic rings. The van der Waals surface area contributed by atoms with Crippen molar-refractivity contribution in [3.63, 3.8) is 0 Å². The maximum absolute atomic E-state index is 10.6. The summed E-state index contributed by atoms with van der Waals surface area (Å²) in [6.45, 7) is 5.04. The van der Waals surface area contributed by atoms with Crippen LogP contribution in [-0.2, 0) is 9.53 Å². The quantitative estimate of drug-likeness (QED) is 0.594. The van der Waals surface area contributed by atoms with Gasteiger partial charge in [-0.2, -0.15) is 0 Å². The van der Waals surface area contributed by atoms with Crippen molar-refractivity contribution in [2.75, 3.05) is 0 Å². The third kappa shape index (κ3) is 2.53. The maximum atomic E-state index is 10.6. The predicted octanol–water partition coefficient (Wildman–Crippen LogP) is 0.800. The van der Waals surface area contributed by atoms with Crippen LogP contribution in [0.2, 0.25) is 0 Å². The zero-order valence-electron chi connectivity index (χ0n) is 6.55. The van der Waals surface area contributed by atoms with E-state index in [2.05, 4.69) is 0 Å². The van der Waals surface area contributed by atoms with Gasteiger partial charge in [0.1, 0.15) is 0 Å². The van der Waals surface area contributed by atoms with E-state index >= 15 is 0 Å². The molecule has 58 valence electrons. The van der Waals surface area contributed by atoms with Gasteiger partial charge in [-0.05, 0) is 20.8 Å². The minimum absolute atomic E-state index is 0.467. The minimum atomic E-state index is -0.896. The van der Waals surface area contributed by atoms with Crippen molar-refractivity contribution in [3.8, 4) is 0 Å². The van der Waals surface area contributed by atoms with Crippen molar-refractivity contribution >= 4 is 5.91 Å². The highest BCUT2D eigenvalue weighted by Gasteiger charge is 2.24. The van der Waals surface area contributed by atoms with Crippen molar-refractivity contribution in [2.24, 2.45) is 5.73 Å². The predicted molar refractivity (Wildman–Crippen MR) is 39.2 cm³/mol. The Kier molecular flexibility index (Phi) is 2.93. The van der Waals surface area contributed by atoms with Crippen LogP contribution < -0.4 is 5.73 Å². The summed E-state index contributed by atoms with van der Waals surface area (Å²) < 4.78 is 4.98. The number of ether oxygens (including phenoxy) is 1. The fourth-order valence-corrected chi connectivity index (χ4v) is 0.296. The molecule has 3 heteroatoms. The largest absolute Gasteiger partial charge is 0.486 e. The third-order valence-electron chi connectivity index (χ3n) is 1.09. The Hall–Kier alpha value is -0.990. The summed E-state index contributed by atoms with van der Waals surface area (Å²) in [6.07, 6.45) is 3.15. The standard InChI is InChI=1S/C7H13NO2/c1-4-5-10-7(2,3)6(8)9/h4-5H,1-3H3,(H2,8,9)/b5-4+. The number of carbonyl (C=O) groups is 1. The van der Waals surface area contributed by atoms with E-state index in [1.807, 2.05) is 0 Å². The Morgan fingerprint density at radius 2 is 2.10 bits per heavy atom. The van der Waals surface area contributed by atoms with Crippen LogP contribution in [0.1, 0.15) is 20.8 Å². The molecule has 0 aliphatic heterocycles. The molecule has 1 amide bonds. The highest BCUT2D eigenvalue weighted by Crippen LogP contribution is 2.07. The van der Waals surface area contributed by atoms with Gasteiger partial charge < -0.3 is 10.5 Å². The molecule has 10 heavy (non-hydrogen) atoms.